The molecule has 1 aromatic carbocycles. The Morgan fingerprint density at radius 3 is 2.57 bits per heavy atom. The van der Waals surface area contributed by atoms with Gasteiger partial charge in [0.2, 0.25) is 5.91 Å². The van der Waals surface area contributed by atoms with Crippen molar-refractivity contribution in [3.05, 3.63) is 47.0 Å². The topological polar surface area (TPSA) is 113 Å². The lowest BCUT2D eigenvalue weighted by Gasteiger charge is -2.34. The van der Waals surface area contributed by atoms with E-state index in [0.29, 0.717) is 31.8 Å². The zero-order chi connectivity index (χ0) is 25.5. The standard InChI is InChI=1S/C24H31F3N6O2/c1-14(34)33-8-5-20(31-16-6-9-35-10-7-16)18(13-33)24(29)32-21-4-3-15(11-19(21)25)17(12-30-2)22(28)23(26)27/h3-4,11-12,16,23,28,30-31H,5-10,13H2,1-2H3,(H2,29,32)/b17-12-,28-22?. The summed E-state index contributed by atoms with van der Waals surface area (Å²) in [6.45, 7) is 3.52. The molecule has 0 unspecified atom stereocenters. The van der Waals surface area contributed by atoms with Crippen molar-refractivity contribution in [3.63, 3.8) is 0 Å². The summed E-state index contributed by atoms with van der Waals surface area (Å²) in [6.07, 6.45) is 0.426. The van der Waals surface area contributed by atoms with E-state index in [1.165, 1.54) is 32.3 Å². The lowest BCUT2D eigenvalue weighted by molar-refractivity contribution is -0.128. The minimum atomic E-state index is -3.01. The van der Waals surface area contributed by atoms with Crippen LogP contribution in [0.3, 0.4) is 0 Å². The van der Waals surface area contributed by atoms with Crippen molar-refractivity contribution in [1.82, 2.24) is 15.5 Å². The van der Waals surface area contributed by atoms with E-state index in [-0.39, 0.29) is 41.2 Å². The molecule has 0 atom stereocenters. The van der Waals surface area contributed by atoms with Crippen LogP contribution in [0, 0.1) is 16.6 Å². The zero-order valence-corrected chi connectivity index (χ0v) is 19.8. The second-order valence-electron chi connectivity index (χ2n) is 8.43. The number of nitrogens with zero attached hydrogens (tertiary/aromatic N) is 1. The van der Waals surface area contributed by atoms with Gasteiger partial charge in [0.15, 0.2) is 0 Å². The summed E-state index contributed by atoms with van der Waals surface area (Å²) in [4.78, 5) is 13.6. The average molecular weight is 493 g/mol. The highest BCUT2D eigenvalue weighted by Crippen LogP contribution is 2.25. The van der Waals surface area contributed by atoms with Crippen LogP contribution in [0.2, 0.25) is 0 Å². The highest BCUT2D eigenvalue weighted by molar-refractivity contribution is 6.23. The molecule has 0 aliphatic carbocycles. The van der Waals surface area contributed by atoms with Crippen molar-refractivity contribution in [1.29, 1.82) is 10.8 Å². The SMILES string of the molecule is CN/C=C(\C(=N)C(F)F)c1ccc(NC(=N)C2=C(NC3CCOCC3)CCN(C(C)=O)C2)c(F)c1. The van der Waals surface area contributed by atoms with Gasteiger partial charge in [0, 0.05) is 69.2 Å². The van der Waals surface area contributed by atoms with E-state index in [9.17, 15) is 18.0 Å². The van der Waals surface area contributed by atoms with Crippen molar-refractivity contribution >= 4 is 28.7 Å². The first kappa shape index (κ1) is 26.3. The van der Waals surface area contributed by atoms with E-state index in [2.05, 4.69) is 16.0 Å². The molecule has 3 rings (SSSR count). The van der Waals surface area contributed by atoms with E-state index in [1.807, 2.05) is 0 Å². The molecule has 35 heavy (non-hydrogen) atoms. The molecule has 0 spiro atoms. The number of amidine groups is 1. The molecule has 0 radical (unpaired) electrons. The number of carbonyl (C=O) groups is 1. The molecule has 1 fully saturated rings. The fraction of sp³-hybridized carbons (Fsp3) is 0.458. The van der Waals surface area contributed by atoms with Crippen molar-refractivity contribution in [2.24, 2.45) is 0 Å². The van der Waals surface area contributed by atoms with Gasteiger partial charge in [-0.1, -0.05) is 6.07 Å². The lowest BCUT2D eigenvalue weighted by Crippen LogP contribution is -2.43. The van der Waals surface area contributed by atoms with Crippen LogP contribution in [0.5, 0.6) is 0 Å². The van der Waals surface area contributed by atoms with Crippen LogP contribution in [-0.4, -0.2) is 68.2 Å². The van der Waals surface area contributed by atoms with Crippen molar-refractivity contribution in [2.45, 2.75) is 38.7 Å². The maximum absolute atomic E-state index is 14.9. The third kappa shape index (κ3) is 6.62. The molecule has 0 saturated carbocycles. The number of alkyl halides is 2. The van der Waals surface area contributed by atoms with Gasteiger partial charge in [0.1, 0.15) is 17.4 Å². The number of halogens is 3. The first-order valence-electron chi connectivity index (χ1n) is 11.4. The Kier molecular flexibility index (Phi) is 8.91. The Morgan fingerprint density at radius 1 is 1.26 bits per heavy atom. The fourth-order valence-electron chi connectivity index (χ4n) is 4.08. The second-order valence-corrected chi connectivity index (χ2v) is 8.43. The average Bonchev–Trinajstić information content (AvgIpc) is 2.84. The van der Waals surface area contributed by atoms with Gasteiger partial charge in [-0.15, -0.1) is 0 Å². The fourth-order valence-corrected chi connectivity index (χ4v) is 4.08. The summed E-state index contributed by atoms with van der Waals surface area (Å²) >= 11 is 0. The minimum absolute atomic E-state index is 0.0102. The number of ether oxygens (including phenoxy) is 1. The smallest absolute Gasteiger partial charge is 0.280 e. The monoisotopic (exact) mass is 492 g/mol. The van der Waals surface area contributed by atoms with Gasteiger partial charge in [-0.05, 0) is 30.5 Å². The predicted molar refractivity (Wildman–Crippen MR) is 129 cm³/mol. The molecule has 1 aromatic rings. The molecule has 190 valence electrons. The van der Waals surface area contributed by atoms with Crippen LogP contribution in [0.25, 0.3) is 5.57 Å². The quantitative estimate of drug-likeness (QED) is 0.282. The van der Waals surface area contributed by atoms with Gasteiger partial charge in [0.25, 0.3) is 6.43 Å². The van der Waals surface area contributed by atoms with Gasteiger partial charge in [-0.2, -0.15) is 0 Å². The number of anilines is 1. The molecule has 11 heteroatoms. The number of amides is 1. The number of allylic oxidation sites excluding steroid dienone is 1. The molecular formula is C24H31F3N6O2. The highest BCUT2D eigenvalue weighted by atomic mass is 19.3. The summed E-state index contributed by atoms with van der Waals surface area (Å²) in [5, 5.41) is 25.1. The third-order valence-corrected chi connectivity index (χ3v) is 6.03. The number of carbonyl (C=O) groups excluding carboxylic acids is 1. The Balaban J connectivity index is 1.84. The summed E-state index contributed by atoms with van der Waals surface area (Å²) in [6, 6.07) is 4.01. The summed E-state index contributed by atoms with van der Waals surface area (Å²) in [5.41, 5.74) is 0.459. The first-order valence-corrected chi connectivity index (χ1v) is 11.4. The van der Waals surface area contributed by atoms with Gasteiger partial charge >= 0.3 is 0 Å². The van der Waals surface area contributed by atoms with Gasteiger partial charge < -0.3 is 25.6 Å². The second kappa shape index (κ2) is 11.9. The van der Waals surface area contributed by atoms with E-state index < -0.39 is 18.0 Å². The lowest BCUT2D eigenvalue weighted by atomic mass is 10.0. The third-order valence-electron chi connectivity index (χ3n) is 6.03. The molecule has 1 saturated heterocycles. The summed E-state index contributed by atoms with van der Waals surface area (Å²) in [5.74, 6) is -0.917. The predicted octanol–water partition coefficient (Wildman–Crippen LogP) is 3.33. The Labute approximate surface area is 202 Å². The zero-order valence-electron chi connectivity index (χ0n) is 19.8. The van der Waals surface area contributed by atoms with Crippen LogP contribution >= 0.6 is 0 Å². The summed E-state index contributed by atoms with van der Waals surface area (Å²) in [7, 11) is 1.50. The maximum atomic E-state index is 14.9. The number of nitrogens with one attached hydrogen (secondary N) is 5. The maximum Gasteiger partial charge on any atom is 0.280 e. The van der Waals surface area contributed by atoms with Crippen molar-refractivity contribution in [2.75, 3.05) is 38.7 Å². The van der Waals surface area contributed by atoms with E-state index >= 15 is 0 Å². The van der Waals surface area contributed by atoms with Crippen molar-refractivity contribution in [3.8, 4) is 0 Å². The number of benzene rings is 1. The van der Waals surface area contributed by atoms with Crippen LogP contribution in [0.4, 0.5) is 18.9 Å². The normalized spacial score (nSPS) is 17.4. The molecule has 2 aliphatic heterocycles. The molecule has 0 aromatic heterocycles. The molecule has 5 N–H and O–H groups in total. The van der Waals surface area contributed by atoms with E-state index in [1.54, 1.807) is 4.90 Å². The van der Waals surface area contributed by atoms with E-state index in [4.69, 9.17) is 15.6 Å². The molecule has 0 bridgehead atoms. The van der Waals surface area contributed by atoms with Gasteiger partial charge in [0.05, 0.1) is 12.2 Å². The van der Waals surface area contributed by atoms with E-state index in [0.717, 1.165) is 24.6 Å². The Bertz CT molecular complexity index is 1030. The minimum Gasteiger partial charge on any atom is -0.393 e. The number of hydrogen-bond donors (Lipinski definition) is 5. The largest absolute Gasteiger partial charge is 0.393 e. The van der Waals surface area contributed by atoms with Crippen LogP contribution in [0.15, 0.2) is 35.7 Å². The highest BCUT2D eigenvalue weighted by Gasteiger charge is 2.26. The van der Waals surface area contributed by atoms with Crippen LogP contribution in [0.1, 0.15) is 31.7 Å². The van der Waals surface area contributed by atoms with Crippen LogP contribution in [-0.2, 0) is 9.53 Å². The van der Waals surface area contributed by atoms with Crippen LogP contribution < -0.4 is 16.0 Å². The first-order chi connectivity index (χ1) is 16.7. The molecular weight excluding hydrogens is 461 g/mol. The van der Waals surface area contributed by atoms with Gasteiger partial charge in [-0.25, -0.2) is 13.2 Å². The molecule has 2 aliphatic rings. The summed E-state index contributed by atoms with van der Waals surface area (Å²) < 4.78 is 46.5. The number of rotatable bonds is 8. The van der Waals surface area contributed by atoms with Gasteiger partial charge in [-0.3, -0.25) is 15.6 Å². The molecule has 8 nitrogen and oxygen atoms in total. The Hall–Kier alpha value is -3.34. The molecule has 1 amide bonds. The van der Waals surface area contributed by atoms with Crippen molar-refractivity contribution < 1.29 is 22.7 Å². The number of hydrogen-bond acceptors (Lipinski definition) is 6. The molecule has 2 heterocycles. The Morgan fingerprint density at radius 2 is 1.97 bits per heavy atom.